The second kappa shape index (κ2) is 6.75. The van der Waals surface area contributed by atoms with Crippen LogP contribution in [0.5, 0.6) is 5.75 Å². The van der Waals surface area contributed by atoms with Crippen molar-refractivity contribution in [3.05, 3.63) is 75.6 Å². The third-order valence-electron chi connectivity index (χ3n) is 4.41. The molecule has 0 bridgehead atoms. The van der Waals surface area contributed by atoms with E-state index in [1.807, 2.05) is 19.1 Å². The molecule has 3 nitrogen and oxygen atoms in total. The van der Waals surface area contributed by atoms with E-state index in [1.165, 1.54) is 5.56 Å². The summed E-state index contributed by atoms with van der Waals surface area (Å²) in [5.74, 6) is 0.698. The fourth-order valence-corrected chi connectivity index (χ4v) is 2.86. The lowest BCUT2D eigenvalue weighted by Gasteiger charge is -2.19. The summed E-state index contributed by atoms with van der Waals surface area (Å²) in [6.07, 6.45) is 0.794. The number of rotatable bonds is 4. The molecule has 0 aliphatic carbocycles. The summed E-state index contributed by atoms with van der Waals surface area (Å²) in [6.45, 7) is 9.11. The van der Waals surface area contributed by atoms with E-state index in [-0.39, 0.29) is 11.0 Å². The van der Waals surface area contributed by atoms with E-state index in [9.17, 15) is 4.79 Å². The highest BCUT2D eigenvalue weighted by molar-refractivity contribution is 5.81. The van der Waals surface area contributed by atoms with Gasteiger partial charge in [0.25, 0.3) is 0 Å². The van der Waals surface area contributed by atoms with Crippen molar-refractivity contribution in [2.75, 3.05) is 0 Å². The van der Waals surface area contributed by atoms with Gasteiger partial charge in [0.05, 0.1) is 0 Å². The van der Waals surface area contributed by atoms with Crippen molar-refractivity contribution in [2.45, 2.75) is 46.1 Å². The van der Waals surface area contributed by atoms with E-state index in [2.05, 4.69) is 45.0 Å². The zero-order valence-electron chi connectivity index (χ0n) is 15.3. The maximum absolute atomic E-state index is 11.7. The van der Waals surface area contributed by atoms with Gasteiger partial charge in [-0.05, 0) is 40.7 Å². The minimum atomic E-state index is -0.320. The van der Waals surface area contributed by atoms with Crippen LogP contribution in [0.4, 0.5) is 0 Å². The van der Waals surface area contributed by atoms with Crippen LogP contribution in [0, 0.1) is 0 Å². The summed E-state index contributed by atoms with van der Waals surface area (Å²) in [7, 11) is 0. The third-order valence-corrected chi connectivity index (χ3v) is 4.41. The lowest BCUT2D eigenvalue weighted by molar-refractivity contribution is 0.306. The van der Waals surface area contributed by atoms with Crippen LogP contribution in [0.3, 0.4) is 0 Å². The van der Waals surface area contributed by atoms with Gasteiger partial charge in [0.2, 0.25) is 0 Å². The summed E-state index contributed by atoms with van der Waals surface area (Å²) in [6, 6.07) is 15.7. The Morgan fingerprint density at radius 3 is 2.36 bits per heavy atom. The Labute approximate surface area is 148 Å². The van der Waals surface area contributed by atoms with Gasteiger partial charge in [-0.3, -0.25) is 0 Å². The molecule has 0 aliphatic heterocycles. The molecular formula is C22H24O3. The minimum Gasteiger partial charge on any atom is -0.489 e. The molecule has 0 fully saturated rings. The van der Waals surface area contributed by atoms with Crippen LogP contribution < -0.4 is 10.4 Å². The van der Waals surface area contributed by atoms with Crippen LogP contribution in [0.1, 0.15) is 44.4 Å². The Bertz CT molecular complexity index is 928. The van der Waals surface area contributed by atoms with Crippen LogP contribution in [0.25, 0.3) is 11.0 Å². The molecule has 130 valence electrons. The summed E-state index contributed by atoms with van der Waals surface area (Å²) >= 11 is 0. The molecule has 1 heterocycles. The van der Waals surface area contributed by atoms with E-state index < -0.39 is 0 Å². The van der Waals surface area contributed by atoms with E-state index >= 15 is 0 Å². The van der Waals surface area contributed by atoms with Crippen LogP contribution >= 0.6 is 0 Å². The van der Waals surface area contributed by atoms with Gasteiger partial charge in [-0.2, -0.15) is 0 Å². The van der Waals surface area contributed by atoms with E-state index in [0.717, 1.165) is 22.9 Å². The Hall–Kier alpha value is -2.55. The first kappa shape index (κ1) is 17.3. The molecule has 0 saturated carbocycles. The maximum Gasteiger partial charge on any atom is 0.336 e. The summed E-state index contributed by atoms with van der Waals surface area (Å²) in [4.78, 5) is 11.7. The molecule has 0 N–H and O–H groups in total. The molecule has 0 unspecified atom stereocenters. The number of aryl methyl sites for hydroxylation is 1. The molecule has 3 aromatic rings. The fraction of sp³-hybridized carbons (Fsp3) is 0.318. The van der Waals surface area contributed by atoms with Crippen molar-refractivity contribution in [1.29, 1.82) is 0 Å². The average Bonchev–Trinajstić information content (AvgIpc) is 2.58. The first-order valence-electron chi connectivity index (χ1n) is 8.66. The Morgan fingerprint density at radius 1 is 1.00 bits per heavy atom. The Kier molecular flexibility index (Phi) is 4.67. The smallest absolute Gasteiger partial charge is 0.336 e. The molecule has 0 saturated heterocycles. The fourth-order valence-electron chi connectivity index (χ4n) is 2.86. The van der Waals surface area contributed by atoms with Gasteiger partial charge in [-0.1, -0.05) is 52.0 Å². The van der Waals surface area contributed by atoms with Crippen LogP contribution in [-0.2, 0) is 18.4 Å². The van der Waals surface area contributed by atoms with Crippen molar-refractivity contribution in [1.82, 2.24) is 0 Å². The summed E-state index contributed by atoms with van der Waals surface area (Å²) in [5.41, 5.74) is 3.80. The van der Waals surface area contributed by atoms with E-state index in [1.54, 1.807) is 12.1 Å². The van der Waals surface area contributed by atoms with Gasteiger partial charge in [0.1, 0.15) is 17.9 Å². The molecule has 3 heteroatoms. The average molecular weight is 336 g/mol. The number of hydrogen-bond acceptors (Lipinski definition) is 3. The first-order valence-corrected chi connectivity index (χ1v) is 8.66. The zero-order chi connectivity index (χ0) is 18.0. The Morgan fingerprint density at radius 2 is 1.72 bits per heavy atom. The number of fused-ring (bicyclic) bond motifs is 1. The van der Waals surface area contributed by atoms with Gasteiger partial charge in [0, 0.05) is 17.5 Å². The Balaban J connectivity index is 1.78. The van der Waals surface area contributed by atoms with Gasteiger partial charge in [0.15, 0.2) is 0 Å². The molecule has 25 heavy (non-hydrogen) atoms. The maximum atomic E-state index is 11.7. The summed E-state index contributed by atoms with van der Waals surface area (Å²) < 4.78 is 11.2. The predicted octanol–water partition coefficient (Wildman–Crippen LogP) is 5.23. The van der Waals surface area contributed by atoms with Gasteiger partial charge in [-0.15, -0.1) is 0 Å². The van der Waals surface area contributed by atoms with Crippen molar-refractivity contribution in [2.24, 2.45) is 0 Å². The quantitative estimate of drug-likeness (QED) is 0.612. The normalized spacial score (nSPS) is 11.7. The van der Waals surface area contributed by atoms with Crippen molar-refractivity contribution >= 4 is 11.0 Å². The minimum absolute atomic E-state index is 0.145. The number of benzene rings is 2. The van der Waals surface area contributed by atoms with Crippen molar-refractivity contribution < 1.29 is 9.15 Å². The second-order valence-electron chi connectivity index (χ2n) is 7.34. The van der Waals surface area contributed by atoms with Crippen molar-refractivity contribution in [3.8, 4) is 5.75 Å². The lowest BCUT2D eigenvalue weighted by Crippen LogP contribution is -2.10. The van der Waals surface area contributed by atoms with Crippen LogP contribution in [-0.4, -0.2) is 0 Å². The highest BCUT2D eigenvalue weighted by Gasteiger charge is 2.13. The summed E-state index contributed by atoms with van der Waals surface area (Å²) in [5, 5.41) is 0.962. The molecule has 0 amide bonds. The third kappa shape index (κ3) is 3.93. The molecule has 0 aliphatic rings. The number of ether oxygens (including phenoxy) is 1. The standard InChI is InChI=1S/C22H24O3/c1-5-16-12-21(23)25-20-13-18(10-11-19(16)20)24-14-15-6-8-17(9-7-15)22(2,3)4/h6-13H,5,14H2,1-4H3. The highest BCUT2D eigenvalue weighted by Crippen LogP contribution is 2.25. The number of hydrogen-bond donors (Lipinski definition) is 0. The topological polar surface area (TPSA) is 39.4 Å². The molecule has 0 radical (unpaired) electrons. The van der Waals surface area contributed by atoms with E-state index in [0.29, 0.717) is 17.9 Å². The molecular weight excluding hydrogens is 312 g/mol. The molecule has 0 atom stereocenters. The largest absolute Gasteiger partial charge is 0.489 e. The zero-order valence-corrected chi connectivity index (χ0v) is 15.3. The second-order valence-corrected chi connectivity index (χ2v) is 7.34. The van der Waals surface area contributed by atoms with Gasteiger partial charge in [-0.25, -0.2) is 4.79 Å². The predicted molar refractivity (Wildman–Crippen MR) is 101 cm³/mol. The molecule has 2 aromatic carbocycles. The van der Waals surface area contributed by atoms with Gasteiger partial charge < -0.3 is 9.15 Å². The first-order chi connectivity index (χ1) is 11.9. The molecule has 0 spiro atoms. The van der Waals surface area contributed by atoms with Gasteiger partial charge >= 0.3 is 5.63 Å². The highest BCUT2D eigenvalue weighted by atomic mass is 16.5. The van der Waals surface area contributed by atoms with Crippen molar-refractivity contribution in [3.63, 3.8) is 0 Å². The molecule has 3 rings (SSSR count). The molecule has 1 aromatic heterocycles. The monoisotopic (exact) mass is 336 g/mol. The van der Waals surface area contributed by atoms with Crippen LogP contribution in [0.15, 0.2) is 57.7 Å². The lowest BCUT2D eigenvalue weighted by atomic mass is 9.87. The SMILES string of the molecule is CCc1cc(=O)oc2cc(OCc3ccc(C(C)(C)C)cc3)ccc12. The van der Waals surface area contributed by atoms with E-state index in [4.69, 9.17) is 9.15 Å². The van der Waals surface area contributed by atoms with Crippen LogP contribution in [0.2, 0.25) is 0 Å².